The summed E-state index contributed by atoms with van der Waals surface area (Å²) in [6, 6.07) is 10.7. The third-order valence-electron chi connectivity index (χ3n) is 3.76. The van der Waals surface area contributed by atoms with Crippen molar-refractivity contribution >= 4 is 11.6 Å². The number of benzene rings is 1. The Morgan fingerprint density at radius 1 is 1.10 bits per heavy atom. The first-order valence-corrected chi connectivity index (χ1v) is 7.08. The van der Waals surface area contributed by atoms with Gasteiger partial charge in [-0.15, -0.1) is 5.10 Å². The minimum Gasteiger partial charge on any atom is -0.366 e. The van der Waals surface area contributed by atoms with E-state index in [1.54, 1.807) is 4.52 Å². The van der Waals surface area contributed by atoms with E-state index in [0.29, 0.717) is 5.95 Å². The van der Waals surface area contributed by atoms with Gasteiger partial charge in [0.25, 0.3) is 0 Å². The van der Waals surface area contributed by atoms with Crippen LogP contribution in [0, 0.1) is 6.92 Å². The quantitative estimate of drug-likeness (QED) is 0.741. The van der Waals surface area contributed by atoms with Crippen LogP contribution in [0.2, 0.25) is 0 Å². The average Bonchev–Trinajstić information content (AvgIpc) is 2.76. The van der Waals surface area contributed by atoms with E-state index in [1.807, 2.05) is 12.3 Å². The highest BCUT2D eigenvalue weighted by atomic mass is 15.3. The molecule has 0 radical (unpaired) electrons. The van der Waals surface area contributed by atoms with Gasteiger partial charge >= 0.3 is 0 Å². The summed E-state index contributed by atoms with van der Waals surface area (Å²) in [5.41, 5.74) is 11.4. The van der Waals surface area contributed by atoms with Crippen LogP contribution in [-0.4, -0.2) is 14.6 Å². The Balaban J connectivity index is 2.09. The Labute approximate surface area is 124 Å². The summed E-state index contributed by atoms with van der Waals surface area (Å²) in [6.07, 6.45) is 1.99. The zero-order chi connectivity index (χ0) is 15.2. The Kier molecular flexibility index (Phi) is 2.97. The van der Waals surface area contributed by atoms with Gasteiger partial charge in [-0.25, -0.2) is 4.52 Å². The highest BCUT2D eigenvalue weighted by Crippen LogP contribution is 2.28. The van der Waals surface area contributed by atoms with E-state index in [-0.39, 0.29) is 5.41 Å². The predicted octanol–water partition coefficient (Wildman–Crippen LogP) is 3.58. The Bertz CT molecular complexity index is 792. The normalized spacial score (nSPS) is 12.0. The van der Waals surface area contributed by atoms with Gasteiger partial charge < -0.3 is 5.73 Å². The maximum absolute atomic E-state index is 5.65. The summed E-state index contributed by atoms with van der Waals surface area (Å²) in [7, 11) is 0. The van der Waals surface area contributed by atoms with Crippen LogP contribution < -0.4 is 5.73 Å². The van der Waals surface area contributed by atoms with E-state index in [4.69, 9.17) is 5.73 Å². The molecule has 2 heterocycles. The topological polar surface area (TPSA) is 56.2 Å². The molecule has 0 saturated heterocycles. The SMILES string of the molecule is Cc1cc2nc(N)nn2cc1-c1ccc(C(C)(C)C)cc1. The van der Waals surface area contributed by atoms with Crippen molar-refractivity contribution in [1.29, 1.82) is 0 Å². The van der Waals surface area contributed by atoms with Crippen molar-refractivity contribution in [3.63, 3.8) is 0 Å². The molecule has 0 aliphatic rings. The van der Waals surface area contributed by atoms with Crippen LogP contribution in [0.4, 0.5) is 5.95 Å². The molecule has 4 heteroatoms. The fraction of sp³-hybridized carbons (Fsp3) is 0.294. The molecule has 0 aliphatic carbocycles. The van der Waals surface area contributed by atoms with Crippen molar-refractivity contribution in [3.05, 3.63) is 47.7 Å². The number of nitrogens with two attached hydrogens (primary N) is 1. The lowest BCUT2D eigenvalue weighted by Gasteiger charge is -2.19. The number of hydrogen-bond donors (Lipinski definition) is 1. The third-order valence-corrected chi connectivity index (χ3v) is 3.76. The monoisotopic (exact) mass is 280 g/mol. The number of anilines is 1. The van der Waals surface area contributed by atoms with Crippen molar-refractivity contribution in [3.8, 4) is 11.1 Å². The fourth-order valence-corrected chi connectivity index (χ4v) is 2.49. The molecule has 21 heavy (non-hydrogen) atoms. The zero-order valence-corrected chi connectivity index (χ0v) is 12.9. The second kappa shape index (κ2) is 4.58. The molecule has 0 atom stereocenters. The smallest absolute Gasteiger partial charge is 0.240 e. The number of nitrogen functional groups attached to an aromatic ring is 1. The van der Waals surface area contributed by atoms with Crippen molar-refractivity contribution in [2.45, 2.75) is 33.1 Å². The van der Waals surface area contributed by atoms with E-state index in [1.165, 1.54) is 16.7 Å². The zero-order valence-electron chi connectivity index (χ0n) is 12.9. The Morgan fingerprint density at radius 2 is 1.76 bits per heavy atom. The van der Waals surface area contributed by atoms with Crippen molar-refractivity contribution in [2.24, 2.45) is 0 Å². The minimum absolute atomic E-state index is 0.165. The molecule has 0 saturated carbocycles. The second-order valence-corrected chi connectivity index (χ2v) is 6.47. The number of pyridine rings is 1. The summed E-state index contributed by atoms with van der Waals surface area (Å²) < 4.78 is 1.73. The molecule has 2 aromatic heterocycles. The number of nitrogens with zero attached hydrogens (tertiary/aromatic N) is 3. The Morgan fingerprint density at radius 3 is 2.38 bits per heavy atom. The molecule has 0 amide bonds. The molecule has 0 spiro atoms. The van der Waals surface area contributed by atoms with Gasteiger partial charge in [-0.1, -0.05) is 45.0 Å². The summed E-state index contributed by atoms with van der Waals surface area (Å²) in [4.78, 5) is 4.18. The molecule has 3 aromatic rings. The van der Waals surface area contributed by atoms with Gasteiger partial charge in [-0.3, -0.25) is 0 Å². The fourth-order valence-electron chi connectivity index (χ4n) is 2.49. The largest absolute Gasteiger partial charge is 0.366 e. The first-order chi connectivity index (χ1) is 9.84. The lowest BCUT2D eigenvalue weighted by Crippen LogP contribution is -2.10. The third kappa shape index (κ3) is 2.49. The molecule has 0 fully saturated rings. The Hall–Kier alpha value is -2.36. The van der Waals surface area contributed by atoms with Crippen LogP contribution in [0.15, 0.2) is 36.5 Å². The molecule has 4 nitrogen and oxygen atoms in total. The van der Waals surface area contributed by atoms with E-state index in [2.05, 4.69) is 62.0 Å². The molecular weight excluding hydrogens is 260 g/mol. The summed E-state index contributed by atoms with van der Waals surface area (Å²) >= 11 is 0. The van der Waals surface area contributed by atoms with Gasteiger partial charge in [0.05, 0.1) is 0 Å². The lowest BCUT2D eigenvalue weighted by molar-refractivity contribution is 0.590. The molecule has 0 aliphatic heterocycles. The van der Waals surface area contributed by atoms with Crippen LogP contribution >= 0.6 is 0 Å². The summed E-state index contributed by atoms with van der Waals surface area (Å²) in [5, 5.41) is 4.18. The van der Waals surface area contributed by atoms with Gasteiger partial charge in [0.15, 0.2) is 5.65 Å². The van der Waals surface area contributed by atoms with Crippen molar-refractivity contribution < 1.29 is 0 Å². The standard InChI is InChI=1S/C17H20N4/c1-11-9-15-19-16(18)20-21(15)10-14(11)12-5-7-13(8-6-12)17(2,3)4/h5-10H,1-4H3,(H2,18,20). The van der Waals surface area contributed by atoms with E-state index in [9.17, 15) is 0 Å². The number of aromatic nitrogens is 3. The first kappa shape index (κ1) is 13.6. The molecule has 3 rings (SSSR count). The maximum Gasteiger partial charge on any atom is 0.240 e. The molecule has 1 aromatic carbocycles. The van der Waals surface area contributed by atoms with Crippen LogP contribution in [0.25, 0.3) is 16.8 Å². The van der Waals surface area contributed by atoms with Crippen LogP contribution in [0.1, 0.15) is 31.9 Å². The number of rotatable bonds is 1. The van der Waals surface area contributed by atoms with Crippen molar-refractivity contribution in [1.82, 2.24) is 14.6 Å². The van der Waals surface area contributed by atoms with Gasteiger partial charge in [-0.05, 0) is 35.1 Å². The number of aryl methyl sites for hydroxylation is 1. The molecule has 108 valence electrons. The maximum atomic E-state index is 5.65. The van der Waals surface area contributed by atoms with Gasteiger partial charge in [0.2, 0.25) is 5.95 Å². The average molecular weight is 280 g/mol. The van der Waals surface area contributed by atoms with E-state index in [0.717, 1.165) is 11.2 Å². The summed E-state index contributed by atoms with van der Waals surface area (Å²) in [5.74, 6) is 0.301. The lowest BCUT2D eigenvalue weighted by atomic mass is 9.86. The van der Waals surface area contributed by atoms with Crippen LogP contribution in [-0.2, 0) is 5.41 Å². The number of fused-ring (bicyclic) bond motifs is 1. The van der Waals surface area contributed by atoms with E-state index < -0.39 is 0 Å². The van der Waals surface area contributed by atoms with Gasteiger partial charge in [0.1, 0.15) is 0 Å². The highest BCUT2D eigenvalue weighted by molar-refractivity contribution is 5.69. The van der Waals surface area contributed by atoms with E-state index >= 15 is 0 Å². The highest BCUT2D eigenvalue weighted by Gasteiger charge is 2.14. The van der Waals surface area contributed by atoms with Gasteiger partial charge in [0, 0.05) is 11.8 Å². The predicted molar refractivity (Wildman–Crippen MR) is 86.3 cm³/mol. The number of hydrogen-bond acceptors (Lipinski definition) is 3. The van der Waals surface area contributed by atoms with Gasteiger partial charge in [-0.2, -0.15) is 4.98 Å². The summed E-state index contributed by atoms with van der Waals surface area (Å²) in [6.45, 7) is 8.74. The molecular formula is C17H20N4. The molecule has 2 N–H and O–H groups in total. The van der Waals surface area contributed by atoms with Crippen LogP contribution in [0.3, 0.4) is 0 Å². The minimum atomic E-state index is 0.165. The molecule has 0 bridgehead atoms. The van der Waals surface area contributed by atoms with Crippen molar-refractivity contribution in [2.75, 3.05) is 5.73 Å². The van der Waals surface area contributed by atoms with Crippen LogP contribution in [0.5, 0.6) is 0 Å². The second-order valence-electron chi connectivity index (χ2n) is 6.47. The molecule has 0 unspecified atom stereocenters. The first-order valence-electron chi connectivity index (χ1n) is 7.08.